The van der Waals surface area contributed by atoms with Crippen LogP contribution in [0.25, 0.3) is 0 Å². The third-order valence-corrected chi connectivity index (χ3v) is 7.81. The normalized spacial score (nSPS) is 18.4. The first kappa shape index (κ1) is 28.0. The zero-order valence-electron chi connectivity index (χ0n) is 23.9. The van der Waals surface area contributed by atoms with Crippen molar-refractivity contribution in [3.63, 3.8) is 0 Å². The van der Waals surface area contributed by atoms with Gasteiger partial charge in [-0.1, -0.05) is 60.7 Å². The molecule has 1 heterocycles. The van der Waals surface area contributed by atoms with E-state index in [1.54, 1.807) is 21.3 Å². The number of nitrogens with one attached hydrogen (secondary N) is 1. The van der Waals surface area contributed by atoms with Gasteiger partial charge in [-0.2, -0.15) is 0 Å². The molecule has 0 saturated heterocycles. The predicted molar refractivity (Wildman–Crippen MR) is 156 cm³/mol. The van der Waals surface area contributed by atoms with Crippen LogP contribution in [0.5, 0.6) is 17.2 Å². The van der Waals surface area contributed by atoms with Gasteiger partial charge < -0.3 is 24.3 Å². The van der Waals surface area contributed by atoms with E-state index in [1.807, 2.05) is 67.6 Å². The van der Waals surface area contributed by atoms with Crippen molar-refractivity contribution in [1.82, 2.24) is 5.32 Å². The van der Waals surface area contributed by atoms with E-state index in [0.717, 1.165) is 16.8 Å². The Morgan fingerprint density at radius 3 is 2.10 bits per heavy atom. The number of esters is 1. The van der Waals surface area contributed by atoms with Gasteiger partial charge in [0.05, 0.1) is 33.5 Å². The lowest BCUT2D eigenvalue weighted by Gasteiger charge is -2.37. The minimum atomic E-state index is -0.659. The number of methoxy groups -OCH3 is 3. The van der Waals surface area contributed by atoms with Crippen LogP contribution >= 0.6 is 0 Å². The molecule has 0 radical (unpaired) electrons. The molecule has 41 heavy (non-hydrogen) atoms. The number of hydrogen-bond donors (Lipinski definition) is 1. The minimum Gasteiger partial charge on any atom is -0.493 e. The van der Waals surface area contributed by atoms with E-state index in [-0.39, 0.29) is 18.3 Å². The first-order valence-corrected chi connectivity index (χ1v) is 13.7. The summed E-state index contributed by atoms with van der Waals surface area (Å²) in [5.41, 5.74) is 5.35. The Morgan fingerprint density at radius 1 is 0.854 bits per heavy atom. The molecular weight excluding hydrogens is 518 g/mol. The Bertz CT molecular complexity index is 1470. The van der Waals surface area contributed by atoms with Gasteiger partial charge in [-0.3, -0.25) is 4.79 Å². The molecule has 3 aromatic carbocycles. The highest BCUT2D eigenvalue weighted by atomic mass is 16.5. The highest BCUT2D eigenvalue weighted by molar-refractivity contribution is 6.04. The minimum absolute atomic E-state index is 0.00607. The SMILES string of the molecule is COc1cc([C@@H]2C(C(=O)OCCc3ccccc3)=C(C)NC3=C2C(=O)C[C@H](c2ccccc2)C3)cc(OC)c1OC. The summed E-state index contributed by atoms with van der Waals surface area (Å²) in [5, 5.41) is 3.42. The van der Waals surface area contributed by atoms with Crippen LogP contribution in [0.1, 0.15) is 48.3 Å². The van der Waals surface area contributed by atoms with Gasteiger partial charge in [-0.25, -0.2) is 4.79 Å². The van der Waals surface area contributed by atoms with Crippen molar-refractivity contribution in [2.75, 3.05) is 27.9 Å². The van der Waals surface area contributed by atoms with E-state index >= 15 is 0 Å². The maximum Gasteiger partial charge on any atom is 0.336 e. The van der Waals surface area contributed by atoms with Gasteiger partial charge in [0, 0.05) is 35.7 Å². The van der Waals surface area contributed by atoms with Crippen LogP contribution in [0.3, 0.4) is 0 Å². The van der Waals surface area contributed by atoms with Gasteiger partial charge in [0.15, 0.2) is 17.3 Å². The molecule has 5 rings (SSSR count). The van der Waals surface area contributed by atoms with Crippen LogP contribution in [0.2, 0.25) is 0 Å². The summed E-state index contributed by atoms with van der Waals surface area (Å²) >= 11 is 0. The second-order valence-corrected chi connectivity index (χ2v) is 10.3. The average Bonchev–Trinajstić information content (AvgIpc) is 3.00. The Hall–Kier alpha value is -4.52. The fraction of sp³-hybridized carbons (Fsp3) is 0.294. The second kappa shape index (κ2) is 12.3. The van der Waals surface area contributed by atoms with Crippen molar-refractivity contribution in [3.8, 4) is 17.2 Å². The highest BCUT2D eigenvalue weighted by Crippen LogP contribution is 2.49. The molecule has 1 aliphatic carbocycles. The molecule has 0 spiro atoms. The zero-order chi connectivity index (χ0) is 28.9. The number of rotatable bonds is 9. The fourth-order valence-corrected chi connectivity index (χ4v) is 5.86. The van der Waals surface area contributed by atoms with Crippen LogP contribution in [0, 0.1) is 0 Å². The quantitative estimate of drug-likeness (QED) is 0.332. The van der Waals surface area contributed by atoms with E-state index < -0.39 is 11.9 Å². The van der Waals surface area contributed by atoms with Crippen molar-refractivity contribution in [2.45, 2.75) is 38.0 Å². The number of Topliss-reactive ketones (excluding diaryl/α,β-unsaturated/α-hetero) is 1. The highest BCUT2D eigenvalue weighted by Gasteiger charge is 2.42. The molecule has 0 aromatic heterocycles. The predicted octanol–water partition coefficient (Wildman–Crippen LogP) is 5.86. The van der Waals surface area contributed by atoms with Crippen LogP contribution in [-0.4, -0.2) is 39.7 Å². The standard InChI is InChI=1S/C34H35NO6/c1-21-30(34(37)41-16-15-22-11-7-5-8-12-22)31(25-19-28(38-2)33(40-4)29(20-25)39-3)32-26(35-21)17-24(18-27(32)36)23-13-9-6-10-14-23/h5-14,19-20,24,31,35H,15-18H2,1-4H3/t24-,31-/m1/s1. The van der Waals surface area contributed by atoms with Crippen LogP contribution in [-0.2, 0) is 20.7 Å². The Kier molecular flexibility index (Phi) is 8.43. The van der Waals surface area contributed by atoms with E-state index in [1.165, 1.54) is 0 Å². The van der Waals surface area contributed by atoms with Gasteiger partial charge in [0.2, 0.25) is 5.75 Å². The van der Waals surface area contributed by atoms with Crippen LogP contribution < -0.4 is 19.5 Å². The molecule has 0 unspecified atom stereocenters. The monoisotopic (exact) mass is 553 g/mol. The Balaban J connectivity index is 1.55. The zero-order valence-corrected chi connectivity index (χ0v) is 23.9. The van der Waals surface area contributed by atoms with Crippen LogP contribution in [0.15, 0.2) is 95.3 Å². The summed E-state index contributed by atoms with van der Waals surface area (Å²) < 4.78 is 22.6. The summed E-state index contributed by atoms with van der Waals surface area (Å²) in [6, 6.07) is 23.6. The number of benzene rings is 3. The molecular formula is C34H35NO6. The van der Waals surface area contributed by atoms with E-state index in [9.17, 15) is 9.59 Å². The number of hydrogen-bond acceptors (Lipinski definition) is 7. The molecule has 2 aliphatic rings. The fourth-order valence-electron chi connectivity index (χ4n) is 5.86. The van der Waals surface area contributed by atoms with Gasteiger partial charge in [0.1, 0.15) is 0 Å². The lowest BCUT2D eigenvalue weighted by atomic mass is 9.71. The number of carbonyl (C=O) groups excluding carboxylic acids is 2. The Labute approximate surface area is 240 Å². The van der Waals surface area contributed by atoms with Gasteiger partial charge in [0.25, 0.3) is 0 Å². The number of ketones is 1. The lowest BCUT2D eigenvalue weighted by Crippen LogP contribution is -2.36. The second-order valence-electron chi connectivity index (χ2n) is 10.3. The summed E-state index contributed by atoms with van der Waals surface area (Å²) in [6.45, 7) is 2.08. The molecule has 212 valence electrons. The third-order valence-electron chi connectivity index (χ3n) is 7.81. The molecule has 0 amide bonds. The van der Waals surface area contributed by atoms with Gasteiger partial charge in [-0.15, -0.1) is 0 Å². The summed E-state index contributed by atoms with van der Waals surface area (Å²) in [4.78, 5) is 27.7. The summed E-state index contributed by atoms with van der Waals surface area (Å²) in [6.07, 6.45) is 1.59. The molecule has 1 aliphatic heterocycles. The lowest BCUT2D eigenvalue weighted by molar-refractivity contribution is -0.139. The Morgan fingerprint density at radius 2 is 1.49 bits per heavy atom. The van der Waals surface area contributed by atoms with E-state index in [0.29, 0.717) is 58.9 Å². The van der Waals surface area contributed by atoms with E-state index in [4.69, 9.17) is 18.9 Å². The van der Waals surface area contributed by atoms with Gasteiger partial charge in [-0.05, 0) is 48.1 Å². The molecule has 2 atom stereocenters. The van der Waals surface area contributed by atoms with Crippen molar-refractivity contribution < 1.29 is 28.5 Å². The molecule has 7 nitrogen and oxygen atoms in total. The summed E-state index contributed by atoms with van der Waals surface area (Å²) in [7, 11) is 4.63. The van der Waals surface area contributed by atoms with Crippen molar-refractivity contribution in [2.24, 2.45) is 0 Å². The number of ether oxygens (including phenoxy) is 4. The molecule has 0 bridgehead atoms. The maximum atomic E-state index is 13.9. The van der Waals surface area contributed by atoms with Crippen molar-refractivity contribution in [1.29, 1.82) is 0 Å². The topological polar surface area (TPSA) is 83.1 Å². The smallest absolute Gasteiger partial charge is 0.336 e. The largest absolute Gasteiger partial charge is 0.493 e. The van der Waals surface area contributed by atoms with Crippen molar-refractivity contribution >= 4 is 11.8 Å². The van der Waals surface area contributed by atoms with E-state index in [2.05, 4.69) is 17.4 Å². The molecule has 0 saturated carbocycles. The maximum absolute atomic E-state index is 13.9. The molecule has 0 fully saturated rings. The first-order chi connectivity index (χ1) is 19.9. The van der Waals surface area contributed by atoms with Crippen LogP contribution in [0.4, 0.5) is 0 Å². The molecule has 3 aromatic rings. The number of dihydropyridines is 1. The average molecular weight is 554 g/mol. The molecule has 7 heteroatoms. The van der Waals surface area contributed by atoms with Gasteiger partial charge >= 0.3 is 5.97 Å². The van der Waals surface area contributed by atoms with Crippen molar-refractivity contribution in [3.05, 3.63) is 112 Å². The third kappa shape index (κ3) is 5.71. The summed E-state index contributed by atoms with van der Waals surface area (Å²) in [5.74, 6) is 0.247. The number of allylic oxidation sites excluding steroid dienone is 3. The number of carbonyl (C=O) groups is 2. The first-order valence-electron chi connectivity index (χ1n) is 13.7. The molecule has 1 N–H and O–H groups in total.